The molecule has 0 aliphatic carbocycles. The Morgan fingerprint density at radius 2 is 1.86 bits per heavy atom. The lowest BCUT2D eigenvalue weighted by Crippen LogP contribution is -2.37. The highest BCUT2D eigenvalue weighted by Gasteiger charge is 2.11. The van der Waals surface area contributed by atoms with Gasteiger partial charge in [-0.15, -0.1) is 0 Å². The van der Waals surface area contributed by atoms with Crippen molar-refractivity contribution in [1.29, 1.82) is 0 Å². The Balaban J connectivity index is 2.14. The number of alkyl halides is 1. The molecule has 0 atom stereocenters. The Labute approximate surface area is 94.2 Å². The van der Waals surface area contributed by atoms with Crippen molar-refractivity contribution in [1.82, 2.24) is 9.62 Å². The third kappa shape index (κ3) is 4.72. The molecule has 0 bridgehead atoms. The Kier molecular flexibility index (Phi) is 5.36. The maximum absolute atomic E-state index is 11.1. The van der Waals surface area contributed by atoms with E-state index in [1.54, 1.807) is 0 Å². The smallest absolute Gasteiger partial charge is 0.221 e. The molecule has 1 heterocycles. The van der Waals surface area contributed by atoms with Crippen LogP contribution >= 0.6 is 15.9 Å². The molecular formula is C8H17BrN2O2S. The second-order valence-corrected chi connectivity index (χ2v) is 6.63. The summed E-state index contributed by atoms with van der Waals surface area (Å²) in [5.74, 6) is 0. The summed E-state index contributed by atoms with van der Waals surface area (Å²) < 4.78 is 24.7. The van der Waals surface area contributed by atoms with Gasteiger partial charge >= 0.3 is 0 Å². The fourth-order valence-corrected chi connectivity index (χ4v) is 2.55. The van der Waals surface area contributed by atoms with Crippen LogP contribution in [0.25, 0.3) is 0 Å². The zero-order chi connectivity index (χ0) is 10.4. The number of rotatable bonds is 5. The molecule has 0 aromatic rings. The summed E-state index contributed by atoms with van der Waals surface area (Å²) in [4.78, 5) is 2.31. The first-order chi connectivity index (χ1) is 6.64. The van der Waals surface area contributed by atoms with Gasteiger partial charge in [0.25, 0.3) is 0 Å². The summed E-state index contributed by atoms with van der Waals surface area (Å²) in [5.41, 5.74) is 0. The van der Waals surface area contributed by atoms with Gasteiger partial charge < -0.3 is 4.90 Å². The summed E-state index contributed by atoms with van der Waals surface area (Å²) in [6.07, 6.45) is 3.79. The molecule has 0 aromatic carbocycles. The standard InChI is InChI=1S/C8H17BrN2O2S/c9-8-14(12,13)10-4-7-11-5-2-1-3-6-11/h10H,1-8H2. The molecule has 1 N–H and O–H groups in total. The zero-order valence-electron chi connectivity index (χ0n) is 8.21. The molecule has 0 unspecified atom stereocenters. The first-order valence-corrected chi connectivity index (χ1v) is 7.67. The highest BCUT2D eigenvalue weighted by molar-refractivity contribution is 9.10. The van der Waals surface area contributed by atoms with Crippen LogP contribution in [0.1, 0.15) is 19.3 Å². The third-order valence-corrected chi connectivity index (χ3v) is 5.08. The van der Waals surface area contributed by atoms with Crippen LogP contribution in [0.15, 0.2) is 0 Å². The molecular weight excluding hydrogens is 268 g/mol. The first kappa shape index (κ1) is 12.4. The number of likely N-dealkylation sites (tertiary alicyclic amines) is 1. The molecule has 0 radical (unpaired) electrons. The van der Waals surface area contributed by atoms with Crippen molar-refractivity contribution in [3.05, 3.63) is 0 Å². The predicted molar refractivity (Wildman–Crippen MR) is 61.0 cm³/mol. The van der Waals surface area contributed by atoms with Gasteiger partial charge in [-0.05, 0) is 25.9 Å². The number of hydrogen-bond donors (Lipinski definition) is 1. The lowest BCUT2D eigenvalue weighted by Gasteiger charge is -2.26. The fraction of sp³-hybridized carbons (Fsp3) is 1.00. The summed E-state index contributed by atoms with van der Waals surface area (Å²) in [6.45, 7) is 3.56. The first-order valence-electron chi connectivity index (χ1n) is 4.90. The van der Waals surface area contributed by atoms with Crippen LogP contribution in [0.4, 0.5) is 0 Å². The molecule has 84 valence electrons. The van der Waals surface area contributed by atoms with E-state index in [0.717, 1.165) is 19.6 Å². The van der Waals surface area contributed by atoms with Crippen molar-refractivity contribution >= 4 is 26.0 Å². The Bertz CT molecular complexity index is 250. The molecule has 1 saturated heterocycles. The average Bonchev–Trinajstić information content (AvgIpc) is 2.19. The van der Waals surface area contributed by atoms with E-state index in [1.807, 2.05) is 0 Å². The van der Waals surface area contributed by atoms with Gasteiger partial charge in [0.05, 0.1) is 0 Å². The van der Waals surface area contributed by atoms with Crippen molar-refractivity contribution < 1.29 is 8.42 Å². The second-order valence-electron chi connectivity index (χ2n) is 3.52. The maximum Gasteiger partial charge on any atom is 0.221 e. The maximum atomic E-state index is 11.1. The summed E-state index contributed by atoms with van der Waals surface area (Å²) in [6, 6.07) is 0. The van der Waals surface area contributed by atoms with Crippen LogP contribution in [0, 0.1) is 0 Å². The normalized spacial score (nSPS) is 19.8. The van der Waals surface area contributed by atoms with Crippen molar-refractivity contribution in [2.24, 2.45) is 0 Å². The van der Waals surface area contributed by atoms with Gasteiger partial charge in [0.15, 0.2) is 0 Å². The molecule has 14 heavy (non-hydrogen) atoms. The van der Waals surface area contributed by atoms with E-state index in [0.29, 0.717) is 6.54 Å². The number of nitrogens with zero attached hydrogens (tertiary/aromatic N) is 1. The van der Waals surface area contributed by atoms with E-state index in [2.05, 4.69) is 25.6 Å². The Morgan fingerprint density at radius 1 is 1.21 bits per heavy atom. The van der Waals surface area contributed by atoms with Crippen molar-refractivity contribution in [3.8, 4) is 0 Å². The molecule has 0 saturated carbocycles. The molecule has 1 rings (SSSR count). The van der Waals surface area contributed by atoms with Crippen LogP contribution in [0.3, 0.4) is 0 Å². The van der Waals surface area contributed by atoms with Crippen LogP contribution in [0.5, 0.6) is 0 Å². The highest BCUT2D eigenvalue weighted by Crippen LogP contribution is 2.07. The number of sulfonamides is 1. The summed E-state index contributed by atoms with van der Waals surface area (Å²) in [7, 11) is -3.08. The van der Waals surface area contributed by atoms with Crippen molar-refractivity contribution in [3.63, 3.8) is 0 Å². The van der Waals surface area contributed by atoms with Gasteiger partial charge in [0, 0.05) is 13.1 Å². The van der Waals surface area contributed by atoms with E-state index < -0.39 is 10.0 Å². The molecule has 0 amide bonds. The quantitative estimate of drug-likeness (QED) is 0.758. The van der Waals surface area contributed by atoms with Crippen LogP contribution in [-0.4, -0.2) is 44.2 Å². The molecule has 1 fully saturated rings. The minimum absolute atomic E-state index is 0.0139. The zero-order valence-corrected chi connectivity index (χ0v) is 10.6. The van der Waals surface area contributed by atoms with Gasteiger partial charge in [0.1, 0.15) is 4.66 Å². The van der Waals surface area contributed by atoms with Crippen LogP contribution in [-0.2, 0) is 10.0 Å². The van der Waals surface area contributed by atoms with Crippen molar-refractivity contribution in [2.45, 2.75) is 19.3 Å². The van der Waals surface area contributed by atoms with Crippen molar-refractivity contribution in [2.75, 3.05) is 30.8 Å². The molecule has 6 heteroatoms. The topological polar surface area (TPSA) is 49.4 Å². The van der Waals surface area contributed by atoms with E-state index in [9.17, 15) is 8.42 Å². The highest BCUT2D eigenvalue weighted by atomic mass is 79.9. The lowest BCUT2D eigenvalue weighted by atomic mass is 10.1. The number of hydrogen-bond acceptors (Lipinski definition) is 3. The molecule has 0 aromatic heterocycles. The third-order valence-electron chi connectivity index (χ3n) is 2.34. The van der Waals surface area contributed by atoms with E-state index in [4.69, 9.17) is 0 Å². The molecule has 4 nitrogen and oxygen atoms in total. The molecule has 1 aliphatic rings. The lowest BCUT2D eigenvalue weighted by molar-refractivity contribution is 0.233. The SMILES string of the molecule is O=S(=O)(CBr)NCCN1CCCCC1. The van der Waals surface area contributed by atoms with Crippen LogP contribution in [0.2, 0.25) is 0 Å². The number of piperidine rings is 1. The van der Waals surface area contributed by atoms with E-state index >= 15 is 0 Å². The fourth-order valence-electron chi connectivity index (χ4n) is 1.58. The molecule has 1 aliphatic heterocycles. The van der Waals surface area contributed by atoms with E-state index in [1.165, 1.54) is 19.3 Å². The van der Waals surface area contributed by atoms with Crippen LogP contribution < -0.4 is 4.72 Å². The largest absolute Gasteiger partial charge is 0.302 e. The number of halogens is 1. The Morgan fingerprint density at radius 3 is 2.43 bits per heavy atom. The van der Waals surface area contributed by atoms with E-state index in [-0.39, 0.29) is 4.66 Å². The average molecular weight is 285 g/mol. The minimum Gasteiger partial charge on any atom is -0.302 e. The number of nitrogens with one attached hydrogen (secondary N) is 1. The Hall–Kier alpha value is 0.350. The molecule has 0 spiro atoms. The van der Waals surface area contributed by atoms with Gasteiger partial charge in [-0.25, -0.2) is 13.1 Å². The summed E-state index contributed by atoms with van der Waals surface area (Å²) >= 11 is 2.93. The monoisotopic (exact) mass is 284 g/mol. The van der Waals surface area contributed by atoms with Gasteiger partial charge in [-0.1, -0.05) is 22.4 Å². The predicted octanol–water partition coefficient (Wildman–Crippen LogP) is 0.744. The van der Waals surface area contributed by atoms with Gasteiger partial charge in [0.2, 0.25) is 10.0 Å². The summed E-state index contributed by atoms with van der Waals surface area (Å²) in [5, 5.41) is 0. The van der Waals surface area contributed by atoms with Gasteiger partial charge in [-0.2, -0.15) is 0 Å². The second kappa shape index (κ2) is 6.05. The van der Waals surface area contributed by atoms with Gasteiger partial charge in [-0.3, -0.25) is 0 Å². The minimum atomic E-state index is -3.08.